The summed E-state index contributed by atoms with van der Waals surface area (Å²) in [5, 5.41) is 0.654. The van der Waals surface area contributed by atoms with Crippen molar-refractivity contribution in [3.8, 4) is 5.75 Å². The summed E-state index contributed by atoms with van der Waals surface area (Å²) < 4.78 is 19.4. The van der Waals surface area contributed by atoms with E-state index in [1.165, 1.54) is 12.1 Å². The number of nitrogens with zero attached hydrogens (tertiary/aromatic N) is 2. The molecule has 1 fully saturated rings. The second-order valence-electron chi connectivity index (χ2n) is 8.31. The van der Waals surface area contributed by atoms with Crippen molar-refractivity contribution < 1.29 is 18.7 Å². The lowest BCUT2D eigenvalue weighted by atomic mass is 10.1. The minimum Gasteiger partial charge on any atom is -0.488 e. The Hall–Kier alpha value is -3.00. The number of hydrogen-bond acceptors (Lipinski definition) is 5. The van der Waals surface area contributed by atoms with E-state index in [1.807, 2.05) is 18.2 Å². The quantitative estimate of drug-likeness (QED) is 0.251. The van der Waals surface area contributed by atoms with E-state index in [2.05, 4.69) is 18.7 Å². The zero-order chi connectivity index (χ0) is 26.5. The van der Waals surface area contributed by atoms with Gasteiger partial charge in [0.1, 0.15) is 18.2 Å². The normalized spacial score (nSPS) is 14.5. The van der Waals surface area contributed by atoms with Gasteiger partial charge in [0.15, 0.2) is 0 Å². The summed E-state index contributed by atoms with van der Waals surface area (Å²) >= 11 is 13.2. The van der Waals surface area contributed by atoms with Gasteiger partial charge in [-0.1, -0.05) is 41.4 Å². The summed E-state index contributed by atoms with van der Waals surface area (Å²) in [5.74, 6) is -0.224. The van der Waals surface area contributed by atoms with Gasteiger partial charge in [0, 0.05) is 46.0 Å². The third kappa shape index (κ3) is 6.47. The molecule has 3 aromatic carbocycles. The molecule has 0 atom stereocenters. The molecule has 1 aliphatic heterocycles. The third-order valence-electron chi connectivity index (χ3n) is 5.94. The number of imide groups is 1. The number of carbonyl (C=O) groups excluding carboxylic acids is 2. The largest absolute Gasteiger partial charge is 0.488 e. The lowest BCUT2D eigenvalue weighted by Gasteiger charge is -2.22. The first-order valence-corrected chi connectivity index (χ1v) is 13.3. The number of rotatable bonds is 9. The van der Waals surface area contributed by atoms with Crippen molar-refractivity contribution in [1.29, 1.82) is 0 Å². The van der Waals surface area contributed by atoms with Crippen LogP contribution in [0.2, 0.25) is 10.0 Å². The Balaban J connectivity index is 1.62. The molecule has 5 nitrogen and oxygen atoms in total. The second kappa shape index (κ2) is 12.0. The molecule has 1 aliphatic rings. The van der Waals surface area contributed by atoms with Gasteiger partial charge in [0.25, 0.3) is 11.1 Å². The van der Waals surface area contributed by atoms with E-state index in [9.17, 15) is 14.0 Å². The molecule has 0 radical (unpaired) electrons. The Labute approximate surface area is 229 Å². The Morgan fingerprint density at radius 2 is 1.73 bits per heavy atom. The van der Waals surface area contributed by atoms with Crippen molar-refractivity contribution in [3.05, 3.63) is 98.1 Å². The fraction of sp³-hybridized carbons (Fsp3) is 0.214. The molecule has 0 saturated carbocycles. The molecule has 9 heteroatoms. The Kier molecular flexibility index (Phi) is 8.79. The number of benzene rings is 3. The molecule has 0 aromatic heterocycles. The van der Waals surface area contributed by atoms with E-state index in [4.69, 9.17) is 27.9 Å². The number of amides is 2. The van der Waals surface area contributed by atoms with Crippen LogP contribution in [0.4, 0.5) is 14.9 Å². The molecular weight excluding hydrogens is 534 g/mol. The Morgan fingerprint density at radius 1 is 1.00 bits per heavy atom. The number of carbonyl (C=O) groups is 2. The molecule has 3 aromatic rings. The molecule has 1 heterocycles. The van der Waals surface area contributed by atoms with Gasteiger partial charge in [-0.25, -0.2) is 4.39 Å². The second-order valence-corrected chi connectivity index (χ2v) is 10.1. The van der Waals surface area contributed by atoms with Gasteiger partial charge in [0.2, 0.25) is 0 Å². The first kappa shape index (κ1) is 27.0. The van der Waals surface area contributed by atoms with Gasteiger partial charge in [-0.2, -0.15) is 0 Å². The van der Waals surface area contributed by atoms with Crippen LogP contribution in [-0.4, -0.2) is 29.1 Å². The van der Waals surface area contributed by atoms with Crippen LogP contribution in [-0.2, 0) is 17.9 Å². The SMILES string of the molecule is CCN(CC)c1ccc(/C=C2\SC(=O)N(Cc3ccc(F)cc3)C2=O)c(OCc2ccc(Cl)cc2Cl)c1. The minimum atomic E-state index is -0.404. The predicted octanol–water partition coefficient (Wildman–Crippen LogP) is 7.79. The van der Waals surface area contributed by atoms with Crippen molar-refractivity contribution in [2.75, 3.05) is 18.0 Å². The summed E-state index contributed by atoms with van der Waals surface area (Å²) in [7, 11) is 0. The Bertz CT molecular complexity index is 1340. The highest BCUT2D eigenvalue weighted by molar-refractivity contribution is 8.18. The summed E-state index contributed by atoms with van der Waals surface area (Å²) in [5.41, 5.74) is 3.07. The molecule has 4 rings (SSSR count). The van der Waals surface area contributed by atoms with Crippen molar-refractivity contribution in [2.45, 2.75) is 27.0 Å². The summed E-state index contributed by atoms with van der Waals surface area (Å²) in [6, 6.07) is 16.7. The molecule has 1 saturated heterocycles. The number of halogens is 3. The molecule has 0 spiro atoms. The first-order valence-electron chi connectivity index (χ1n) is 11.7. The van der Waals surface area contributed by atoms with E-state index < -0.39 is 5.91 Å². The topological polar surface area (TPSA) is 49.9 Å². The smallest absolute Gasteiger partial charge is 0.293 e. The van der Waals surface area contributed by atoms with Gasteiger partial charge in [-0.05, 0) is 73.6 Å². The van der Waals surface area contributed by atoms with Gasteiger partial charge >= 0.3 is 0 Å². The number of anilines is 1. The molecule has 0 unspecified atom stereocenters. The van der Waals surface area contributed by atoms with Crippen LogP contribution in [0.15, 0.2) is 65.6 Å². The van der Waals surface area contributed by atoms with Crippen molar-refractivity contribution in [2.24, 2.45) is 0 Å². The van der Waals surface area contributed by atoms with Crippen LogP contribution < -0.4 is 9.64 Å². The average Bonchev–Trinajstić information content (AvgIpc) is 3.14. The minimum absolute atomic E-state index is 0.0710. The van der Waals surface area contributed by atoms with E-state index >= 15 is 0 Å². The fourth-order valence-corrected chi connectivity index (χ4v) is 5.19. The molecular formula is C28H25Cl2FN2O3S. The number of hydrogen-bond donors (Lipinski definition) is 0. The van der Waals surface area contributed by atoms with E-state index in [-0.39, 0.29) is 29.1 Å². The Morgan fingerprint density at radius 3 is 2.41 bits per heavy atom. The third-order valence-corrected chi connectivity index (χ3v) is 7.43. The van der Waals surface area contributed by atoms with E-state index in [0.717, 1.165) is 41.0 Å². The fourth-order valence-electron chi connectivity index (χ4n) is 3.90. The molecule has 0 aliphatic carbocycles. The highest BCUT2D eigenvalue weighted by atomic mass is 35.5. The van der Waals surface area contributed by atoms with Gasteiger partial charge in [0.05, 0.1) is 11.4 Å². The van der Waals surface area contributed by atoms with Gasteiger partial charge in [-0.3, -0.25) is 14.5 Å². The molecule has 192 valence electrons. The van der Waals surface area contributed by atoms with Crippen molar-refractivity contribution in [1.82, 2.24) is 4.90 Å². The zero-order valence-electron chi connectivity index (χ0n) is 20.3. The average molecular weight is 559 g/mol. The molecule has 2 amide bonds. The van der Waals surface area contributed by atoms with Gasteiger partial charge < -0.3 is 9.64 Å². The van der Waals surface area contributed by atoms with Crippen LogP contribution in [0, 0.1) is 5.82 Å². The lowest BCUT2D eigenvalue weighted by molar-refractivity contribution is -0.123. The van der Waals surface area contributed by atoms with Crippen LogP contribution in [0.3, 0.4) is 0 Å². The maximum absolute atomic E-state index is 13.2. The summed E-state index contributed by atoms with van der Waals surface area (Å²) in [6.07, 6.45) is 1.67. The molecule has 0 N–H and O–H groups in total. The molecule has 0 bridgehead atoms. The monoisotopic (exact) mass is 558 g/mol. The highest BCUT2D eigenvalue weighted by Gasteiger charge is 2.35. The first-order chi connectivity index (χ1) is 17.8. The maximum atomic E-state index is 13.2. The van der Waals surface area contributed by atoms with Crippen LogP contribution >= 0.6 is 35.0 Å². The summed E-state index contributed by atoms with van der Waals surface area (Å²) in [6.45, 7) is 6.05. The van der Waals surface area contributed by atoms with E-state index in [1.54, 1.807) is 36.4 Å². The van der Waals surface area contributed by atoms with Crippen LogP contribution in [0.5, 0.6) is 5.75 Å². The van der Waals surface area contributed by atoms with E-state index in [0.29, 0.717) is 26.9 Å². The molecule has 37 heavy (non-hydrogen) atoms. The number of thioether (sulfide) groups is 1. The lowest BCUT2D eigenvalue weighted by Crippen LogP contribution is -2.27. The predicted molar refractivity (Wildman–Crippen MR) is 149 cm³/mol. The standard InChI is InChI=1S/C28H25Cl2FN2O3S/c1-3-32(4-2)23-12-8-19(25(15-23)36-17-20-7-9-21(29)14-24(20)30)13-26-27(34)33(28(35)37-26)16-18-5-10-22(31)11-6-18/h5-15H,3-4,16-17H2,1-2H3/b26-13-. The number of ether oxygens (including phenoxy) is 1. The van der Waals surface area contributed by atoms with Gasteiger partial charge in [-0.15, -0.1) is 0 Å². The zero-order valence-corrected chi connectivity index (χ0v) is 22.7. The highest BCUT2D eigenvalue weighted by Crippen LogP contribution is 2.36. The van der Waals surface area contributed by atoms with Crippen LogP contribution in [0.25, 0.3) is 6.08 Å². The summed E-state index contributed by atoms with van der Waals surface area (Å²) in [4.78, 5) is 29.3. The van der Waals surface area contributed by atoms with Crippen LogP contribution in [0.1, 0.15) is 30.5 Å². The van der Waals surface area contributed by atoms with Crippen molar-refractivity contribution in [3.63, 3.8) is 0 Å². The van der Waals surface area contributed by atoms with Crippen molar-refractivity contribution >= 4 is 57.9 Å². The maximum Gasteiger partial charge on any atom is 0.293 e.